The Hall–Kier alpha value is -2.33. The Balaban J connectivity index is 1.29. The molecule has 4 heteroatoms. The van der Waals surface area contributed by atoms with Crippen LogP contribution in [0.3, 0.4) is 0 Å². The van der Waals surface area contributed by atoms with Crippen LogP contribution in [0.1, 0.15) is 62.4 Å². The first-order valence-electron chi connectivity index (χ1n) is 11.3. The molecule has 1 N–H and O–H groups in total. The molecule has 1 aliphatic carbocycles. The van der Waals surface area contributed by atoms with Crippen LogP contribution in [-0.2, 0) is 5.75 Å². The third-order valence-electron chi connectivity index (χ3n) is 6.46. The van der Waals surface area contributed by atoms with Crippen molar-refractivity contribution in [2.45, 2.75) is 63.3 Å². The number of nitrogens with one attached hydrogen (secondary N) is 1. The minimum Gasteiger partial charge on any atom is -0.349 e. The van der Waals surface area contributed by atoms with E-state index in [1.165, 1.54) is 18.4 Å². The monoisotopic (exact) mass is 432 g/mol. The zero-order chi connectivity index (χ0) is 21.8. The maximum atomic E-state index is 12.7. The van der Waals surface area contributed by atoms with E-state index in [1.807, 2.05) is 30.3 Å². The smallest absolute Gasteiger partial charge is 0.251 e. The molecule has 2 aromatic carbocycles. The van der Waals surface area contributed by atoms with Crippen LogP contribution in [0.25, 0.3) is 10.9 Å². The van der Waals surface area contributed by atoms with Crippen molar-refractivity contribution < 1.29 is 4.79 Å². The minimum atomic E-state index is 0.0506. The average molecular weight is 433 g/mol. The number of amides is 1. The first-order chi connectivity index (χ1) is 14.9. The molecule has 0 radical (unpaired) electrons. The number of benzene rings is 2. The molecule has 1 saturated carbocycles. The van der Waals surface area contributed by atoms with E-state index in [2.05, 4.69) is 56.4 Å². The molecule has 1 aromatic heterocycles. The zero-order valence-corrected chi connectivity index (χ0v) is 19.5. The molecule has 0 unspecified atom stereocenters. The van der Waals surface area contributed by atoms with Crippen LogP contribution in [0.5, 0.6) is 0 Å². The lowest BCUT2D eigenvalue weighted by Crippen LogP contribution is -2.39. The lowest BCUT2D eigenvalue weighted by Gasteiger charge is -2.37. The number of carbonyl (C=O) groups is 1. The second kappa shape index (κ2) is 9.44. The number of fused-ring (bicyclic) bond motifs is 1. The standard InChI is InChI=1S/C27H32N2OS/c1-27(2,3)22-13-15-23(16-14-22)28-26(30)21-10-8-19(9-11-21)18-31-25-17-12-20-6-4-5-7-24(20)29-25/h4-12,17,22-23H,13-16,18H2,1-3H3,(H,28,30). The summed E-state index contributed by atoms with van der Waals surface area (Å²) in [7, 11) is 0. The van der Waals surface area contributed by atoms with E-state index >= 15 is 0 Å². The molecule has 0 aliphatic heterocycles. The van der Waals surface area contributed by atoms with Gasteiger partial charge < -0.3 is 5.32 Å². The number of hydrogen-bond acceptors (Lipinski definition) is 3. The highest BCUT2D eigenvalue weighted by atomic mass is 32.2. The van der Waals surface area contributed by atoms with Gasteiger partial charge in [0.1, 0.15) is 0 Å². The van der Waals surface area contributed by atoms with Crippen molar-refractivity contribution in [3.05, 3.63) is 71.8 Å². The summed E-state index contributed by atoms with van der Waals surface area (Å²) in [5, 5.41) is 5.43. The quantitative estimate of drug-likeness (QED) is 0.448. The van der Waals surface area contributed by atoms with E-state index in [0.29, 0.717) is 11.5 Å². The highest BCUT2D eigenvalue weighted by molar-refractivity contribution is 7.98. The van der Waals surface area contributed by atoms with Crippen LogP contribution in [0, 0.1) is 11.3 Å². The van der Waals surface area contributed by atoms with Gasteiger partial charge in [-0.15, -0.1) is 11.8 Å². The summed E-state index contributed by atoms with van der Waals surface area (Å²) in [5.74, 6) is 1.65. The summed E-state index contributed by atoms with van der Waals surface area (Å²) in [5.41, 5.74) is 3.33. The molecule has 3 aromatic rings. The molecule has 0 spiro atoms. The van der Waals surface area contributed by atoms with Crippen molar-refractivity contribution in [3.8, 4) is 0 Å². The number of hydrogen-bond donors (Lipinski definition) is 1. The Morgan fingerprint density at radius 3 is 2.39 bits per heavy atom. The minimum absolute atomic E-state index is 0.0506. The van der Waals surface area contributed by atoms with Gasteiger partial charge in [0.15, 0.2) is 0 Å². The van der Waals surface area contributed by atoms with Gasteiger partial charge >= 0.3 is 0 Å². The Morgan fingerprint density at radius 1 is 0.968 bits per heavy atom. The van der Waals surface area contributed by atoms with Crippen molar-refractivity contribution in [3.63, 3.8) is 0 Å². The van der Waals surface area contributed by atoms with Crippen LogP contribution in [0.2, 0.25) is 0 Å². The maximum Gasteiger partial charge on any atom is 0.251 e. The van der Waals surface area contributed by atoms with Gasteiger partial charge in [-0.2, -0.15) is 0 Å². The highest BCUT2D eigenvalue weighted by Gasteiger charge is 2.30. The molecule has 1 heterocycles. The Bertz CT molecular complexity index is 1030. The van der Waals surface area contributed by atoms with Gasteiger partial charge in [-0.1, -0.05) is 57.2 Å². The third kappa shape index (κ3) is 5.68. The second-order valence-corrected chi connectivity index (χ2v) is 10.7. The molecule has 0 atom stereocenters. The van der Waals surface area contributed by atoms with Gasteiger partial charge in [0.05, 0.1) is 10.5 Å². The average Bonchev–Trinajstić information content (AvgIpc) is 2.77. The zero-order valence-electron chi connectivity index (χ0n) is 18.7. The van der Waals surface area contributed by atoms with E-state index < -0.39 is 0 Å². The van der Waals surface area contributed by atoms with Crippen LogP contribution >= 0.6 is 11.8 Å². The Labute approximate surface area is 190 Å². The molecule has 1 aliphatic rings. The van der Waals surface area contributed by atoms with E-state index in [1.54, 1.807) is 11.8 Å². The van der Waals surface area contributed by atoms with E-state index in [9.17, 15) is 4.79 Å². The van der Waals surface area contributed by atoms with Gasteiger partial charge in [-0.05, 0) is 66.8 Å². The third-order valence-corrected chi connectivity index (χ3v) is 7.46. The number of nitrogens with zero attached hydrogens (tertiary/aromatic N) is 1. The van der Waals surface area contributed by atoms with Crippen molar-refractivity contribution in [2.24, 2.45) is 11.3 Å². The van der Waals surface area contributed by atoms with Gasteiger partial charge in [-0.3, -0.25) is 4.79 Å². The number of aromatic nitrogens is 1. The van der Waals surface area contributed by atoms with Crippen LogP contribution < -0.4 is 5.32 Å². The summed E-state index contributed by atoms with van der Waals surface area (Å²) in [4.78, 5) is 17.4. The van der Waals surface area contributed by atoms with Crippen LogP contribution in [0.4, 0.5) is 0 Å². The van der Waals surface area contributed by atoms with Gasteiger partial charge in [0.2, 0.25) is 0 Å². The molecule has 1 amide bonds. The highest BCUT2D eigenvalue weighted by Crippen LogP contribution is 2.37. The van der Waals surface area contributed by atoms with Gasteiger partial charge in [0.25, 0.3) is 5.91 Å². The van der Waals surface area contributed by atoms with E-state index in [-0.39, 0.29) is 5.91 Å². The largest absolute Gasteiger partial charge is 0.349 e. The molecule has 0 saturated heterocycles. The molecule has 0 bridgehead atoms. The Morgan fingerprint density at radius 2 is 1.68 bits per heavy atom. The molecule has 3 nitrogen and oxygen atoms in total. The van der Waals surface area contributed by atoms with Crippen molar-refractivity contribution in [1.29, 1.82) is 0 Å². The molecule has 1 fully saturated rings. The predicted molar refractivity (Wildman–Crippen MR) is 130 cm³/mol. The van der Waals surface area contributed by atoms with Crippen molar-refractivity contribution in [2.75, 3.05) is 0 Å². The topological polar surface area (TPSA) is 42.0 Å². The number of pyridine rings is 1. The van der Waals surface area contributed by atoms with Crippen molar-refractivity contribution in [1.82, 2.24) is 10.3 Å². The van der Waals surface area contributed by atoms with Gasteiger partial charge in [0, 0.05) is 22.7 Å². The lowest BCUT2D eigenvalue weighted by molar-refractivity contribution is 0.0904. The van der Waals surface area contributed by atoms with Gasteiger partial charge in [-0.25, -0.2) is 4.98 Å². The predicted octanol–water partition coefficient (Wildman–Crippen LogP) is 6.86. The summed E-state index contributed by atoms with van der Waals surface area (Å²) in [6, 6.07) is 20.7. The SMILES string of the molecule is CC(C)(C)C1CCC(NC(=O)c2ccc(CSc3ccc4ccccc4n3)cc2)CC1. The summed E-state index contributed by atoms with van der Waals surface area (Å²) in [6.07, 6.45) is 4.57. The number of thioether (sulfide) groups is 1. The first-order valence-corrected chi connectivity index (χ1v) is 12.3. The number of carbonyl (C=O) groups excluding carboxylic acids is 1. The molecule has 31 heavy (non-hydrogen) atoms. The van der Waals surface area contributed by atoms with E-state index in [4.69, 9.17) is 4.98 Å². The number of rotatable bonds is 5. The molecular formula is C27H32N2OS. The van der Waals surface area contributed by atoms with E-state index in [0.717, 1.165) is 46.0 Å². The van der Waals surface area contributed by atoms with Crippen LogP contribution in [-0.4, -0.2) is 16.9 Å². The summed E-state index contributed by atoms with van der Waals surface area (Å²) < 4.78 is 0. The Kier molecular flexibility index (Phi) is 6.66. The second-order valence-electron chi connectivity index (χ2n) is 9.72. The molecule has 162 valence electrons. The first kappa shape index (κ1) is 21.9. The fourth-order valence-corrected chi connectivity index (χ4v) is 5.24. The lowest BCUT2D eigenvalue weighted by atomic mass is 9.71. The fourth-order valence-electron chi connectivity index (χ4n) is 4.41. The molecular weight excluding hydrogens is 400 g/mol. The number of para-hydroxylation sites is 1. The summed E-state index contributed by atoms with van der Waals surface area (Å²) in [6.45, 7) is 6.98. The van der Waals surface area contributed by atoms with Crippen molar-refractivity contribution >= 4 is 28.6 Å². The van der Waals surface area contributed by atoms with Crippen LogP contribution in [0.15, 0.2) is 65.7 Å². The maximum absolute atomic E-state index is 12.7. The summed E-state index contributed by atoms with van der Waals surface area (Å²) >= 11 is 1.72. The fraction of sp³-hybridized carbons (Fsp3) is 0.407. The normalized spacial score (nSPS) is 19.3. The molecule has 4 rings (SSSR count).